The van der Waals surface area contributed by atoms with Gasteiger partial charge in [-0.15, -0.1) is 0 Å². The van der Waals surface area contributed by atoms with Crippen LogP contribution in [0.2, 0.25) is 0 Å². The summed E-state index contributed by atoms with van der Waals surface area (Å²) in [5.74, 6) is 2.07. The Bertz CT molecular complexity index is 1600. The summed E-state index contributed by atoms with van der Waals surface area (Å²) in [5.41, 5.74) is 11.6. The summed E-state index contributed by atoms with van der Waals surface area (Å²) in [6.07, 6.45) is 5.90. The van der Waals surface area contributed by atoms with Gasteiger partial charge in [0, 0.05) is 36.4 Å². The van der Waals surface area contributed by atoms with Crippen LogP contribution >= 0.6 is 0 Å². The van der Waals surface area contributed by atoms with Crippen molar-refractivity contribution in [1.29, 1.82) is 0 Å². The third-order valence-corrected chi connectivity index (χ3v) is 7.63. The van der Waals surface area contributed by atoms with E-state index in [0.29, 0.717) is 0 Å². The fourth-order valence-electron chi connectivity index (χ4n) is 5.67. The summed E-state index contributed by atoms with van der Waals surface area (Å²) in [6.45, 7) is 8.70. The average molecular weight is 523 g/mol. The van der Waals surface area contributed by atoms with Crippen LogP contribution in [0.3, 0.4) is 0 Å². The molecule has 198 valence electrons. The second-order valence-electron chi connectivity index (χ2n) is 10.5. The molecule has 0 amide bonds. The third-order valence-electron chi connectivity index (χ3n) is 7.63. The monoisotopic (exact) mass is 522 g/mol. The van der Waals surface area contributed by atoms with E-state index in [1.807, 2.05) is 12.1 Å². The van der Waals surface area contributed by atoms with E-state index in [1.165, 1.54) is 33.6 Å². The molecule has 0 radical (unpaired) electrons. The summed E-state index contributed by atoms with van der Waals surface area (Å²) in [6, 6.07) is 33.8. The van der Waals surface area contributed by atoms with Gasteiger partial charge in [-0.05, 0) is 49.9 Å². The van der Waals surface area contributed by atoms with Gasteiger partial charge < -0.3 is 9.13 Å². The molecule has 0 N–H and O–H groups in total. The lowest BCUT2D eigenvalue weighted by molar-refractivity contribution is 0.767. The molecule has 40 heavy (non-hydrogen) atoms. The molecule has 0 saturated heterocycles. The zero-order chi connectivity index (χ0) is 27.6. The van der Waals surface area contributed by atoms with Crippen molar-refractivity contribution in [2.45, 2.75) is 40.5 Å². The third kappa shape index (κ3) is 4.89. The van der Waals surface area contributed by atoms with Gasteiger partial charge in [0.05, 0.1) is 22.8 Å². The Labute approximate surface area is 236 Å². The first-order chi connectivity index (χ1) is 19.5. The van der Waals surface area contributed by atoms with Gasteiger partial charge in [-0.25, -0.2) is 9.97 Å². The van der Waals surface area contributed by atoms with Gasteiger partial charge in [-0.3, -0.25) is 0 Å². The van der Waals surface area contributed by atoms with Gasteiger partial charge in [0.25, 0.3) is 0 Å². The van der Waals surface area contributed by atoms with Crippen molar-refractivity contribution in [3.63, 3.8) is 0 Å². The first-order valence-corrected chi connectivity index (χ1v) is 13.9. The van der Waals surface area contributed by atoms with Gasteiger partial charge in [-0.1, -0.05) is 97.1 Å². The number of nitrogens with zero attached hydrogens (tertiary/aromatic N) is 4. The molecule has 0 unspecified atom stereocenters. The Morgan fingerprint density at radius 1 is 0.450 bits per heavy atom. The zero-order valence-electron chi connectivity index (χ0n) is 23.6. The SMILES string of the molecule is Cc1cccc(C)c1-n1cc(-c2ccccc2)nc1CCc1nc(-c2ccccc2)cn1-c1c(C)cccc1C. The first kappa shape index (κ1) is 25.6. The average Bonchev–Trinajstić information content (AvgIpc) is 3.57. The summed E-state index contributed by atoms with van der Waals surface area (Å²) < 4.78 is 4.58. The van der Waals surface area contributed by atoms with Crippen LogP contribution in [0, 0.1) is 27.7 Å². The molecule has 2 aromatic heterocycles. The number of benzene rings is 4. The van der Waals surface area contributed by atoms with Crippen LogP contribution in [0.1, 0.15) is 33.9 Å². The molecule has 0 fully saturated rings. The molecule has 0 aliphatic heterocycles. The molecular formula is C36H34N4. The maximum atomic E-state index is 5.18. The molecule has 0 spiro atoms. The van der Waals surface area contributed by atoms with Crippen LogP contribution in [0.5, 0.6) is 0 Å². The molecule has 0 aliphatic rings. The lowest BCUT2D eigenvalue weighted by Gasteiger charge is -2.15. The molecule has 0 aliphatic carbocycles. The molecule has 6 rings (SSSR count). The largest absolute Gasteiger partial charge is 0.303 e. The lowest BCUT2D eigenvalue weighted by Crippen LogP contribution is -2.09. The number of aryl methyl sites for hydroxylation is 6. The Morgan fingerprint density at radius 3 is 1.15 bits per heavy atom. The minimum absolute atomic E-state index is 0.761. The van der Waals surface area contributed by atoms with E-state index in [2.05, 4.69) is 134 Å². The molecule has 4 aromatic carbocycles. The van der Waals surface area contributed by atoms with Crippen LogP contribution in [0.4, 0.5) is 0 Å². The molecular weight excluding hydrogens is 488 g/mol. The van der Waals surface area contributed by atoms with Crippen molar-refractivity contribution in [2.75, 3.05) is 0 Å². The van der Waals surface area contributed by atoms with E-state index in [0.717, 1.165) is 47.0 Å². The molecule has 0 bridgehead atoms. The second kappa shape index (κ2) is 10.8. The minimum atomic E-state index is 0.761. The van der Waals surface area contributed by atoms with E-state index >= 15 is 0 Å². The van der Waals surface area contributed by atoms with Crippen LogP contribution in [-0.2, 0) is 12.8 Å². The van der Waals surface area contributed by atoms with Crippen LogP contribution in [0.25, 0.3) is 33.9 Å². The molecule has 4 nitrogen and oxygen atoms in total. The van der Waals surface area contributed by atoms with Crippen LogP contribution in [-0.4, -0.2) is 19.1 Å². The van der Waals surface area contributed by atoms with Crippen molar-refractivity contribution in [3.8, 4) is 33.9 Å². The minimum Gasteiger partial charge on any atom is -0.303 e. The number of hydrogen-bond acceptors (Lipinski definition) is 2. The van der Waals surface area contributed by atoms with E-state index in [4.69, 9.17) is 9.97 Å². The standard InChI is InChI=1S/C36H34N4/c1-25-13-11-14-26(2)35(25)39-23-31(29-17-7-5-8-18-29)37-33(39)21-22-34-38-32(30-19-9-6-10-20-30)24-40(34)36-27(3)15-12-16-28(36)4/h5-20,23-24H,21-22H2,1-4H3. The number of aromatic nitrogens is 4. The van der Waals surface area contributed by atoms with Gasteiger partial charge in [-0.2, -0.15) is 0 Å². The fourth-order valence-corrected chi connectivity index (χ4v) is 5.67. The smallest absolute Gasteiger partial charge is 0.114 e. The molecule has 0 atom stereocenters. The van der Waals surface area contributed by atoms with E-state index in [-0.39, 0.29) is 0 Å². The van der Waals surface area contributed by atoms with E-state index < -0.39 is 0 Å². The normalized spacial score (nSPS) is 11.2. The van der Waals surface area contributed by atoms with Gasteiger partial charge in [0.2, 0.25) is 0 Å². The molecule has 4 heteroatoms. The van der Waals surface area contributed by atoms with Crippen molar-refractivity contribution >= 4 is 0 Å². The van der Waals surface area contributed by atoms with Crippen molar-refractivity contribution in [3.05, 3.63) is 143 Å². The van der Waals surface area contributed by atoms with Crippen molar-refractivity contribution in [1.82, 2.24) is 19.1 Å². The summed E-state index contributed by atoms with van der Waals surface area (Å²) in [5, 5.41) is 0. The topological polar surface area (TPSA) is 35.6 Å². The van der Waals surface area contributed by atoms with Crippen LogP contribution < -0.4 is 0 Å². The molecule has 6 aromatic rings. The Morgan fingerprint density at radius 2 is 0.800 bits per heavy atom. The maximum Gasteiger partial charge on any atom is 0.114 e. The second-order valence-corrected chi connectivity index (χ2v) is 10.5. The van der Waals surface area contributed by atoms with Gasteiger partial charge >= 0.3 is 0 Å². The highest BCUT2D eigenvalue weighted by Gasteiger charge is 2.18. The van der Waals surface area contributed by atoms with Gasteiger partial charge in [0.1, 0.15) is 11.6 Å². The van der Waals surface area contributed by atoms with Crippen molar-refractivity contribution < 1.29 is 0 Å². The predicted octanol–water partition coefficient (Wildman–Crippen LogP) is 8.41. The highest BCUT2D eigenvalue weighted by Crippen LogP contribution is 2.29. The fraction of sp³-hybridized carbons (Fsp3) is 0.167. The number of para-hydroxylation sites is 2. The Kier molecular flexibility index (Phi) is 6.91. The highest BCUT2D eigenvalue weighted by atomic mass is 15.1. The summed E-state index contributed by atoms with van der Waals surface area (Å²) in [4.78, 5) is 10.4. The lowest BCUT2D eigenvalue weighted by atomic mass is 10.1. The predicted molar refractivity (Wildman–Crippen MR) is 164 cm³/mol. The quantitative estimate of drug-likeness (QED) is 0.211. The first-order valence-electron chi connectivity index (χ1n) is 13.9. The van der Waals surface area contributed by atoms with E-state index in [1.54, 1.807) is 0 Å². The molecule has 0 saturated carbocycles. The summed E-state index contributed by atoms with van der Waals surface area (Å²) >= 11 is 0. The highest BCUT2D eigenvalue weighted by molar-refractivity contribution is 5.62. The summed E-state index contributed by atoms with van der Waals surface area (Å²) in [7, 11) is 0. The maximum absolute atomic E-state index is 5.18. The zero-order valence-corrected chi connectivity index (χ0v) is 23.6. The van der Waals surface area contributed by atoms with Crippen molar-refractivity contribution in [2.24, 2.45) is 0 Å². The number of hydrogen-bond donors (Lipinski definition) is 0. The van der Waals surface area contributed by atoms with Gasteiger partial charge in [0.15, 0.2) is 0 Å². The molecule has 2 heterocycles. The van der Waals surface area contributed by atoms with E-state index in [9.17, 15) is 0 Å². The van der Waals surface area contributed by atoms with Crippen LogP contribution in [0.15, 0.2) is 109 Å². The number of imidazole rings is 2. The Hall–Kier alpha value is -4.70. The Balaban J connectivity index is 1.44. The number of rotatable bonds is 7.